The van der Waals surface area contributed by atoms with Crippen LogP contribution in [0.15, 0.2) is 17.1 Å². The van der Waals surface area contributed by atoms with Crippen LogP contribution < -0.4 is 11.4 Å². The lowest BCUT2D eigenvalue weighted by molar-refractivity contribution is -0.212. The number of hydrogen-bond donors (Lipinski definition) is 4. The van der Waals surface area contributed by atoms with Crippen LogP contribution in [0, 0.1) is 0 Å². The number of ether oxygens (including phenoxy) is 1. The third-order valence-corrected chi connectivity index (χ3v) is 2.60. The van der Waals surface area contributed by atoms with E-state index in [1.165, 1.54) is 12.3 Å². The van der Waals surface area contributed by atoms with Crippen molar-refractivity contribution in [3.05, 3.63) is 22.7 Å². The molecule has 94 valence electrons. The molecule has 0 aromatic carbocycles. The van der Waals surface area contributed by atoms with Crippen LogP contribution in [0.3, 0.4) is 0 Å². The van der Waals surface area contributed by atoms with Crippen molar-refractivity contribution >= 4 is 5.82 Å². The summed E-state index contributed by atoms with van der Waals surface area (Å²) in [4.78, 5) is 15.0. The highest BCUT2D eigenvalue weighted by molar-refractivity contribution is 5.23. The van der Waals surface area contributed by atoms with Gasteiger partial charge in [0.2, 0.25) is 0 Å². The van der Waals surface area contributed by atoms with Crippen LogP contribution in [0.25, 0.3) is 0 Å². The molecule has 1 aromatic rings. The SMILES string of the molecule is Nc1ccn([C@@H]2OC[C@H](O)[C@H](O)[C@H]2O)c(=O)n1. The summed E-state index contributed by atoms with van der Waals surface area (Å²) in [6.45, 7) is -0.181. The first-order valence-electron chi connectivity index (χ1n) is 5.01. The molecule has 0 radical (unpaired) electrons. The van der Waals surface area contributed by atoms with E-state index in [0.717, 1.165) is 4.57 Å². The van der Waals surface area contributed by atoms with Crippen LogP contribution in [0.2, 0.25) is 0 Å². The Morgan fingerprint density at radius 3 is 2.76 bits per heavy atom. The molecule has 8 nitrogen and oxygen atoms in total. The van der Waals surface area contributed by atoms with Crippen molar-refractivity contribution in [2.24, 2.45) is 0 Å². The number of hydrogen-bond acceptors (Lipinski definition) is 7. The zero-order valence-electron chi connectivity index (χ0n) is 8.80. The Labute approximate surface area is 95.9 Å². The van der Waals surface area contributed by atoms with E-state index in [-0.39, 0.29) is 12.4 Å². The number of aliphatic hydroxyl groups is 3. The van der Waals surface area contributed by atoms with Gasteiger partial charge in [-0.2, -0.15) is 4.98 Å². The molecule has 0 unspecified atom stereocenters. The highest BCUT2D eigenvalue weighted by atomic mass is 16.5. The smallest absolute Gasteiger partial charge is 0.351 e. The van der Waals surface area contributed by atoms with E-state index in [0.29, 0.717) is 0 Å². The van der Waals surface area contributed by atoms with E-state index in [4.69, 9.17) is 10.5 Å². The van der Waals surface area contributed by atoms with Gasteiger partial charge in [-0.05, 0) is 6.07 Å². The van der Waals surface area contributed by atoms with Crippen molar-refractivity contribution < 1.29 is 20.1 Å². The second kappa shape index (κ2) is 4.41. The highest BCUT2D eigenvalue weighted by Crippen LogP contribution is 2.22. The Balaban J connectivity index is 2.31. The summed E-state index contributed by atoms with van der Waals surface area (Å²) < 4.78 is 6.11. The number of nitrogen functional groups attached to an aromatic ring is 1. The zero-order valence-corrected chi connectivity index (χ0v) is 8.80. The number of anilines is 1. The topological polar surface area (TPSA) is 131 Å². The second-order valence-corrected chi connectivity index (χ2v) is 3.81. The van der Waals surface area contributed by atoms with Crippen LogP contribution in [-0.4, -0.2) is 49.8 Å². The van der Waals surface area contributed by atoms with Crippen molar-refractivity contribution in [1.82, 2.24) is 9.55 Å². The minimum Gasteiger partial charge on any atom is -0.388 e. The number of nitrogens with two attached hydrogens (primary N) is 1. The molecule has 0 aliphatic carbocycles. The molecular weight excluding hydrogens is 230 g/mol. The average Bonchev–Trinajstić information content (AvgIpc) is 2.28. The number of rotatable bonds is 1. The van der Waals surface area contributed by atoms with Gasteiger partial charge in [-0.3, -0.25) is 4.57 Å². The molecule has 0 bridgehead atoms. The fraction of sp³-hybridized carbons (Fsp3) is 0.556. The largest absolute Gasteiger partial charge is 0.388 e. The van der Waals surface area contributed by atoms with Gasteiger partial charge >= 0.3 is 5.69 Å². The van der Waals surface area contributed by atoms with Crippen molar-refractivity contribution in [2.75, 3.05) is 12.3 Å². The molecule has 17 heavy (non-hydrogen) atoms. The Hall–Kier alpha value is -1.48. The van der Waals surface area contributed by atoms with Crippen LogP contribution in [-0.2, 0) is 4.74 Å². The first-order chi connectivity index (χ1) is 8.00. The lowest BCUT2D eigenvalue weighted by Crippen LogP contribution is -2.52. The maximum absolute atomic E-state index is 11.5. The Morgan fingerprint density at radius 1 is 1.41 bits per heavy atom. The van der Waals surface area contributed by atoms with E-state index in [1.54, 1.807) is 0 Å². The molecule has 1 fully saturated rings. The monoisotopic (exact) mass is 243 g/mol. The normalized spacial score (nSPS) is 33.6. The molecule has 0 spiro atoms. The van der Waals surface area contributed by atoms with Crippen LogP contribution >= 0.6 is 0 Å². The summed E-state index contributed by atoms with van der Waals surface area (Å²) in [5.74, 6) is 0.0529. The molecule has 8 heteroatoms. The molecular formula is C9H13N3O5. The minimum absolute atomic E-state index is 0.0529. The first kappa shape index (κ1) is 12.0. The standard InChI is InChI=1S/C9H13N3O5/c10-5-1-2-12(9(16)11-5)8-7(15)6(14)4(13)3-17-8/h1-2,4,6-8,13-15H,3H2,(H2,10,11,16)/t4-,6-,7+,8+/m0/s1. The maximum atomic E-state index is 11.5. The number of nitrogens with zero attached hydrogens (tertiary/aromatic N) is 2. The van der Waals surface area contributed by atoms with Gasteiger partial charge in [-0.25, -0.2) is 4.79 Å². The van der Waals surface area contributed by atoms with Crippen LogP contribution in [0.4, 0.5) is 5.82 Å². The van der Waals surface area contributed by atoms with E-state index in [1.807, 2.05) is 0 Å². The van der Waals surface area contributed by atoms with Gasteiger partial charge in [-0.1, -0.05) is 0 Å². The quantitative estimate of drug-likeness (QED) is 0.426. The predicted molar refractivity (Wildman–Crippen MR) is 55.9 cm³/mol. The van der Waals surface area contributed by atoms with Gasteiger partial charge in [0.25, 0.3) is 0 Å². The zero-order chi connectivity index (χ0) is 12.6. The van der Waals surface area contributed by atoms with Crippen molar-refractivity contribution in [3.8, 4) is 0 Å². The third-order valence-electron chi connectivity index (χ3n) is 2.60. The van der Waals surface area contributed by atoms with Crippen LogP contribution in [0.1, 0.15) is 6.23 Å². The molecule has 5 N–H and O–H groups in total. The lowest BCUT2D eigenvalue weighted by Gasteiger charge is -2.35. The average molecular weight is 243 g/mol. The molecule has 1 aromatic heterocycles. The summed E-state index contributed by atoms with van der Waals surface area (Å²) >= 11 is 0. The molecule has 1 aliphatic rings. The lowest BCUT2D eigenvalue weighted by atomic mass is 10.0. The predicted octanol–water partition coefficient (Wildman–Crippen LogP) is -2.56. The first-order valence-corrected chi connectivity index (χ1v) is 5.01. The van der Waals surface area contributed by atoms with Crippen LogP contribution in [0.5, 0.6) is 0 Å². The molecule has 0 amide bonds. The van der Waals surface area contributed by atoms with Crippen molar-refractivity contribution in [1.29, 1.82) is 0 Å². The molecule has 2 heterocycles. The summed E-state index contributed by atoms with van der Waals surface area (Å²) in [6, 6.07) is 1.37. The highest BCUT2D eigenvalue weighted by Gasteiger charge is 2.38. The van der Waals surface area contributed by atoms with E-state index in [2.05, 4.69) is 4.98 Å². The summed E-state index contributed by atoms with van der Waals surface area (Å²) in [5, 5.41) is 28.5. The molecule has 2 rings (SSSR count). The van der Waals surface area contributed by atoms with Crippen molar-refractivity contribution in [2.45, 2.75) is 24.5 Å². The van der Waals surface area contributed by atoms with E-state index >= 15 is 0 Å². The summed E-state index contributed by atoms with van der Waals surface area (Å²) in [6.07, 6.45) is -3.75. The van der Waals surface area contributed by atoms with Gasteiger partial charge in [-0.15, -0.1) is 0 Å². The van der Waals surface area contributed by atoms with Gasteiger partial charge in [0.05, 0.1) is 6.61 Å². The fourth-order valence-corrected chi connectivity index (χ4v) is 1.66. The number of aromatic nitrogens is 2. The number of aliphatic hydroxyl groups excluding tert-OH is 3. The molecule has 1 saturated heterocycles. The molecule has 1 aliphatic heterocycles. The minimum atomic E-state index is -1.41. The van der Waals surface area contributed by atoms with Gasteiger partial charge in [0, 0.05) is 6.20 Å². The van der Waals surface area contributed by atoms with Crippen molar-refractivity contribution in [3.63, 3.8) is 0 Å². The Morgan fingerprint density at radius 2 is 2.12 bits per heavy atom. The van der Waals surface area contributed by atoms with E-state index < -0.39 is 30.2 Å². The van der Waals surface area contributed by atoms with Gasteiger partial charge in [0.1, 0.15) is 24.1 Å². The van der Waals surface area contributed by atoms with Gasteiger partial charge < -0.3 is 25.8 Å². The Kier molecular flexibility index (Phi) is 3.11. The summed E-state index contributed by atoms with van der Waals surface area (Å²) in [7, 11) is 0. The molecule has 0 saturated carbocycles. The van der Waals surface area contributed by atoms with Gasteiger partial charge in [0.15, 0.2) is 6.23 Å². The fourth-order valence-electron chi connectivity index (χ4n) is 1.66. The Bertz CT molecular complexity index is 462. The summed E-state index contributed by atoms with van der Waals surface area (Å²) in [5.41, 5.74) is 4.63. The molecule has 4 atom stereocenters. The third kappa shape index (κ3) is 2.15. The second-order valence-electron chi connectivity index (χ2n) is 3.81. The van der Waals surface area contributed by atoms with E-state index in [9.17, 15) is 20.1 Å². The maximum Gasteiger partial charge on any atom is 0.351 e.